The zero-order chi connectivity index (χ0) is 19.9. The van der Waals surface area contributed by atoms with Gasteiger partial charge in [-0.2, -0.15) is 5.26 Å². The van der Waals surface area contributed by atoms with Gasteiger partial charge in [0, 0.05) is 11.1 Å². The summed E-state index contributed by atoms with van der Waals surface area (Å²) in [5.41, 5.74) is 1.65. The lowest BCUT2D eigenvalue weighted by atomic mass is 10.1. The van der Waals surface area contributed by atoms with Crippen molar-refractivity contribution in [2.45, 2.75) is 13.5 Å². The summed E-state index contributed by atoms with van der Waals surface area (Å²) in [6.45, 7) is 2.12. The Labute approximate surface area is 167 Å². The van der Waals surface area contributed by atoms with Gasteiger partial charge < -0.3 is 14.6 Å². The van der Waals surface area contributed by atoms with Crippen LogP contribution in [0.1, 0.15) is 16.9 Å². The number of hydrogen-bond acceptors (Lipinski definition) is 5. The minimum absolute atomic E-state index is 0.0458. The van der Waals surface area contributed by atoms with Gasteiger partial charge in [-0.25, -0.2) is 0 Å². The number of rotatable bonds is 6. The number of nitriles is 1. The molecule has 2 aromatic carbocycles. The smallest absolute Gasteiger partial charge is 0.267 e. The number of aromatic nitrogens is 1. The van der Waals surface area contributed by atoms with Crippen LogP contribution in [0.3, 0.4) is 0 Å². The fraction of sp³-hybridized carbons (Fsp3) is 0.0952. The molecule has 0 fully saturated rings. The minimum Gasteiger partial charge on any atom is -0.489 e. The van der Waals surface area contributed by atoms with E-state index in [0.29, 0.717) is 28.7 Å². The third-order valence-corrected chi connectivity index (χ3v) is 4.00. The molecule has 1 heterocycles. The number of benzene rings is 2. The molecule has 0 bridgehead atoms. The minimum atomic E-state index is -0.557. The summed E-state index contributed by atoms with van der Waals surface area (Å²) in [7, 11) is 0. The van der Waals surface area contributed by atoms with Gasteiger partial charge in [0.2, 0.25) is 0 Å². The van der Waals surface area contributed by atoms with Crippen LogP contribution in [-0.2, 0) is 11.4 Å². The Balaban J connectivity index is 1.63. The van der Waals surface area contributed by atoms with Crippen molar-refractivity contribution in [2.75, 3.05) is 5.32 Å². The van der Waals surface area contributed by atoms with Crippen molar-refractivity contribution in [1.82, 2.24) is 5.16 Å². The van der Waals surface area contributed by atoms with Crippen molar-refractivity contribution < 1.29 is 14.1 Å². The number of amides is 1. The van der Waals surface area contributed by atoms with Gasteiger partial charge in [-0.05, 0) is 48.4 Å². The maximum atomic E-state index is 12.2. The van der Waals surface area contributed by atoms with Crippen LogP contribution in [0.2, 0.25) is 5.02 Å². The average Bonchev–Trinajstić information content (AvgIpc) is 3.11. The first-order valence-electron chi connectivity index (χ1n) is 8.37. The van der Waals surface area contributed by atoms with Gasteiger partial charge in [0.15, 0.2) is 5.82 Å². The second-order valence-electron chi connectivity index (χ2n) is 5.93. The van der Waals surface area contributed by atoms with Gasteiger partial charge in [-0.1, -0.05) is 41.0 Å². The van der Waals surface area contributed by atoms with E-state index in [1.54, 1.807) is 37.3 Å². The van der Waals surface area contributed by atoms with Crippen molar-refractivity contribution in [2.24, 2.45) is 0 Å². The third kappa shape index (κ3) is 5.22. The molecule has 1 amide bonds. The molecule has 1 N–H and O–H groups in total. The van der Waals surface area contributed by atoms with E-state index in [2.05, 4.69) is 10.5 Å². The standard InChI is InChI=1S/C21H16ClN3O3/c1-14-10-20(25-28-14)24-21(26)17(12-23)11-15-4-8-19(9-5-15)27-13-16-2-6-18(22)7-3-16/h2-11H,13H2,1H3,(H,24,25,26)/b17-11-. The predicted molar refractivity (Wildman–Crippen MR) is 106 cm³/mol. The van der Waals surface area contributed by atoms with E-state index in [-0.39, 0.29) is 11.4 Å². The van der Waals surface area contributed by atoms with Crippen molar-refractivity contribution in [3.63, 3.8) is 0 Å². The fourth-order valence-electron chi connectivity index (χ4n) is 2.33. The van der Waals surface area contributed by atoms with Crippen LogP contribution in [0.25, 0.3) is 6.08 Å². The summed E-state index contributed by atoms with van der Waals surface area (Å²) in [5.74, 6) is 0.938. The lowest BCUT2D eigenvalue weighted by Crippen LogP contribution is -2.13. The lowest BCUT2D eigenvalue weighted by molar-refractivity contribution is -0.112. The first-order chi connectivity index (χ1) is 13.5. The maximum Gasteiger partial charge on any atom is 0.267 e. The van der Waals surface area contributed by atoms with Crippen LogP contribution in [-0.4, -0.2) is 11.1 Å². The Morgan fingerprint density at radius 1 is 1.25 bits per heavy atom. The lowest BCUT2D eigenvalue weighted by Gasteiger charge is -2.07. The number of nitrogens with one attached hydrogen (secondary N) is 1. The summed E-state index contributed by atoms with van der Waals surface area (Å²) < 4.78 is 10.6. The molecule has 0 radical (unpaired) electrons. The van der Waals surface area contributed by atoms with Gasteiger partial charge in [0.25, 0.3) is 5.91 Å². The average molecular weight is 394 g/mol. The number of carbonyl (C=O) groups is 1. The van der Waals surface area contributed by atoms with E-state index in [4.69, 9.17) is 20.9 Å². The Morgan fingerprint density at radius 3 is 2.57 bits per heavy atom. The summed E-state index contributed by atoms with van der Waals surface area (Å²) in [4.78, 5) is 12.2. The monoisotopic (exact) mass is 393 g/mol. The molecule has 0 saturated carbocycles. The SMILES string of the molecule is Cc1cc(NC(=O)/C(C#N)=C\c2ccc(OCc3ccc(Cl)cc3)cc2)no1. The molecule has 7 heteroatoms. The molecule has 3 aromatic rings. The Bertz CT molecular complexity index is 1030. The van der Waals surface area contributed by atoms with Crippen LogP contribution < -0.4 is 10.1 Å². The maximum absolute atomic E-state index is 12.2. The van der Waals surface area contributed by atoms with E-state index in [9.17, 15) is 10.1 Å². The van der Waals surface area contributed by atoms with Crippen LogP contribution in [0.15, 0.2) is 64.7 Å². The molecular weight excluding hydrogens is 378 g/mol. The van der Waals surface area contributed by atoms with E-state index in [1.807, 2.05) is 30.3 Å². The number of halogens is 1. The summed E-state index contributed by atoms with van der Waals surface area (Å²) in [6, 6.07) is 17.9. The largest absolute Gasteiger partial charge is 0.489 e. The van der Waals surface area contributed by atoms with Crippen LogP contribution in [0.5, 0.6) is 5.75 Å². The normalized spacial score (nSPS) is 11.0. The fourth-order valence-corrected chi connectivity index (χ4v) is 2.46. The summed E-state index contributed by atoms with van der Waals surface area (Å²) in [5, 5.41) is 16.1. The molecular formula is C21H16ClN3O3. The number of aryl methyl sites for hydroxylation is 1. The quantitative estimate of drug-likeness (QED) is 0.481. The molecule has 140 valence electrons. The molecule has 3 rings (SSSR count). The second-order valence-corrected chi connectivity index (χ2v) is 6.37. The highest BCUT2D eigenvalue weighted by Gasteiger charge is 2.11. The topological polar surface area (TPSA) is 88.2 Å². The zero-order valence-electron chi connectivity index (χ0n) is 15.0. The number of hydrogen-bond donors (Lipinski definition) is 1. The molecule has 0 spiro atoms. The number of nitrogens with zero attached hydrogens (tertiary/aromatic N) is 2. The van der Waals surface area contributed by atoms with Crippen molar-refractivity contribution in [3.8, 4) is 11.8 Å². The van der Waals surface area contributed by atoms with Crippen molar-refractivity contribution in [3.05, 3.63) is 82.1 Å². The predicted octanol–water partition coefficient (Wildman–Crippen LogP) is 4.76. The first kappa shape index (κ1) is 19.2. The molecule has 0 aliphatic rings. The number of carbonyl (C=O) groups excluding carboxylic acids is 1. The van der Waals surface area contributed by atoms with E-state index in [1.165, 1.54) is 6.08 Å². The molecule has 28 heavy (non-hydrogen) atoms. The van der Waals surface area contributed by atoms with Gasteiger partial charge in [-0.3, -0.25) is 4.79 Å². The van der Waals surface area contributed by atoms with Gasteiger partial charge >= 0.3 is 0 Å². The highest BCUT2D eigenvalue weighted by molar-refractivity contribution is 6.30. The molecule has 6 nitrogen and oxygen atoms in total. The van der Waals surface area contributed by atoms with Crippen LogP contribution in [0, 0.1) is 18.3 Å². The highest BCUT2D eigenvalue weighted by atomic mass is 35.5. The summed E-state index contributed by atoms with van der Waals surface area (Å²) in [6.07, 6.45) is 1.49. The zero-order valence-corrected chi connectivity index (χ0v) is 15.7. The van der Waals surface area contributed by atoms with Crippen molar-refractivity contribution >= 4 is 29.4 Å². The first-order valence-corrected chi connectivity index (χ1v) is 8.75. The van der Waals surface area contributed by atoms with Crippen LogP contribution in [0.4, 0.5) is 5.82 Å². The Hall–Kier alpha value is -3.56. The molecule has 0 aliphatic carbocycles. The van der Waals surface area contributed by atoms with Gasteiger partial charge in [0.05, 0.1) is 0 Å². The molecule has 0 aliphatic heterocycles. The van der Waals surface area contributed by atoms with Gasteiger partial charge in [0.1, 0.15) is 29.8 Å². The molecule has 0 unspecified atom stereocenters. The molecule has 0 saturated heterocycles. The van der Waals surface area contributed by atoms with Crippen molar-refractivity contribution in [1.29, 1.82) is 5.26 Å². The second kappa shape index (κ2) is 8.89. The number of ether oxygens (including phenoxy) is 1. The van der Waals surface area contributed by atoms with E-state index < -0.39 is 5.91 Å². The van der Waals surface area contributed by atoms with Crippen LogP contribution >= 0.6 is 11.6 Å². The highest BCUT2D eigenvalue weighted by Crippen LogP contribution is 2.18. The summed E-state index contributed by atoms with van der Waals surface area (Å²) >= 11 is 5.86. The van der Waals surface area contributed by atoms with Gasteiger partial charge in [-0.15, -0.1) is 0 Å². The van der Waals surface area contributed by atoms with E-state index in [0.717, 1.165) is 5.56 Å². The Kier molecular flexibility index (Phi) is 6.10. The van der Waals surface area contributed by atoms with E-state index >= 15 is 0 Å². The molecule has 1 aromatic heterocycles. The third-order valence-electron chi connectivity index (χ3n) is 3.74. The molecule has 0 atom stereocenters. The number of anilines is 1. The Morgan fingerprint density at radius 2 is 1.96 bits per heavy atom.